The Morgan fingerprint density at radius 1 is 0.765 bits per heavy atom. The van der Waals surface area contributed by atoms with Crippen molar-refractivity contribution in [3.8, 4) is 0 Å². The fourth-order valence-corrected chi connectivity index (χ4v) is 1.65. The predicted octanol–water partition coefficient (Wildman–Crippen LogP) is 3.71. The Bertz CT molecular complexity index is 422. The molecule has 0 atom stereocenters. The van der Waals surface area contributed by atoms with Crippen LogP contribution in [0, 0.1) is 6.92 Å². The summed E-state index contributed by atoms with van der Waals surface area (Å²) < 4.78 is 0. The van der Waals surface area contributed by atoms with Crippen molar-refractivity contribution >= 4 is 12.4 Å². The molecule has 0 spiro atoms. The van der Waals surface area contributed by atoms with E-state index < -0.39 is 0 Å². The van der Waals surface area contributed by atoms with Gasteiger partial charge in [0, 0.05) is 13.1 Å². The van der Waals surface area contributed by atoms with E-state index in [9.17, 15) is 0 Å². The van der Waals surface area contributed by atoms with Crippen LogP contribution in [0.2, 0.25) is 0 Å². The Morgan fingerprint density at radius 3 is 1.88 bits per heavy atom. The molecule has 0 amide bonds. The number of aryl methyl sites for hydroxylation is 1. The molecule has 2 aromatic carbocycles. The van der Waals surface area contributed by atoms with Crippen LogP contribution in [0.25, 0.3) is 0 Å². The molecule has 0 unspecified atom stereocenters. The van der Waals surface area contributed by atoms with Gasteiger partial charge in [-0.25, -0.2) is 0 Å². The second kappa shape index (κ2) is 7.10. The zero-order chi connectivity index (χ0) is 11.2. The van der Waals surface area contributed by atoms with Crippen LogP contribution < -0.4 is 5.32 Å². The van der Waals surface area contributed by atoms with Crippen LogP contribution in [0.4, 0.5) is 0 Å². The Balaban J connectivity index is 0.00000144. The SMILES string of the molecule is Cc1ccc(CNCc2ccccc2)cc1.Cl. The lowest BCUT2D eigenvalue weighted by molar-refractivity contribution is 0.693. The fraction of sp³-hybridized carbons (Fsp3) is 0.200. The van der Waals surface area contributed by atoms with Crippen LogP contribution >= 0.6 is 12.4 Å². The molecule has 0 aliphatic carbocycles. The standard InChI is InChI=1S/C15H17N.ClH/c1-13-7-9-15(10-8-13)12-16-11-14-5-3-2-4-6-14;/h2-10,16H,11-12H2,1H3;1H. The van der Waals surface area contributed by atoms with Crippen LogP contribution in [0.1, 0.15) is 16.7 Å². The van der Waals surface area contributed by atoms with E-state index in [4.69, 9.17) is 0 Å². The highest BCUT2D eigenvalue weighted by molar-refractivity contribution is 5.85. The van der Waals surface area contributed by atoms with Gasteiger partial charge in [0.15, 0.2) is 0 Å². The summed E-state index contributed by atoms with van der Waals surface area (Å²) in [5.74, 6) is 0. The molecule has 0 heterocycles. The normalized spacial score (nSPS) is 9.71. The van der Waals surface area contributed by atoms with Crippen molar-refractivity contribution in [1.29, 1.82) is 0 Å². The molecular weight excluding hydrogens is 230 g/mol. The van der Waals surface area contributed by atoms with Crippen LogP contribution in [0.3, 0.4) is 0 Å². The first-order valence-electron chi connectivity index (χ1n) is 5.65. The third kappa shape index (κ3) is 4.59. The minimum Gasteiger partial charge on any atom is -0.309 e. The maximum atomic E-state index is 3.44. The molecule has 90 valence electrons. The van der Waals surface area contributed by atoms with Crippen LogP contribution in [-0.2, 0) is 13.1 Å². The average Bonchev–Trinajstić information content (AvgIpc) is 2.33. The number of hydrogen-bond acceptors (Lipinski definition) is 1. The monoisotopic (exact) mass is 247 g/mol. The van der Waals surface area contributed by atoms with Crippen molar-refractivity contribution < 1.29 is 0 Å². The minimum atomic E-state index is 0. The molecule has 2 rings (SSSR count). The average molecular weight is 248 g/mol. The van der Waals surface area contributed by atoms with Gasteiger partial charge >= 0.3 is 0 Å². The fourth-order valence-electron chi connectivity index (χ4n) is 1.65. The van der Waals surface area contributed by atoms with Crippen LogP contribution in [-0.4, -0.2) is 0 Å². The largest absolute Gasteiger partial charge is 0.309 e. The van der Waals surface area contributed by atoms with E-state index in [1.54, 1.807) is 0 Å². The summed E-state index contributed by atoms with van der Waals surface area (Å²) in [6.07, 6.45) is 0. The van der Waals surface area contributed by atoms with Gasteiger partial charge in [0.2, 0.25) is 0 Å². The van der Waals surface area contributed by atoms with E-state index in [1.807, 2.05) is 6.07 Å². The molecule has 17 heavy (non-hydrogen) atoms. The van der Waals surface area contributed by atoms with Gasteiger partial charge in [0.1, 0.15) is 0 Å². The Hall–Kier alpha value is -1.31. The Labute approximate surface area is 109 Å². The van der Waals surface area contributed by atoms with E-state index in [0.29, 0.717) is 0 Å². The molecule has 0 fully saturated rings. The highest BCUT2D eigenvalue weighted by atomic mass is 35.5. The van der Waals surface area contributed by atoms with E-state index >= 15 is 0 Å². The zero-order valence-corrected chi connectivity index (χ0v) is 10.8. The van der Waals surface area contributed by atoms with Gasteiger partial charge in [0.05, 0.1) is 0 Å². The molecule has 2 heteroatoms. The summed E-state index contributed by atoms with van der Waals surface area (Å²) in [7, 11) is 0. The minimum absolute atomic E-state index is 0. The summed E-state index contributed by atoms with van der Waals surface area (Å²) in [5, 5.41) is 3.44. The van der Waals surface area contributed by atoms with Crippen molar-refractivity contribution in [3.63, 3.8) is 0 Å². The van der Waals surface area contributed by atoms with Crippen molar-refractivity contribution in [2.45, 2.75) is 20.0 Å². The van der Waals surface area contributed by atoms with E-state index in [-0.39, 0.29) is 12.4 Å². The number of nitrogens with one attached hydrogen (secondary N) is 1. The summed E-state index contributed by atoms with van der Waals surface area (Å²) in [5.41, 5.74) is 3.97. The molecule has 0 saturated heterocycles. The molecule has 0 saturated carbocycles. The summed E-state index contributed by atoms with van der Waals surface area (Å²) >= 11 is 0. The Morgan fingerprint density at radius 2 is 1.29 bits per heavy atom. The quantitative estimate of drug-likeness (QED) is 0.869. The topological polar surface area (TPSA) is 12.0 Å². The molecule has 0 aliphatic heterocycles. The summed E-state index contributed by atoms with van der Waals surface area (Å²) in [6, 6.07) is 19.1. The van der Waals surface area contributed by atoms with Gasteiger partial charge in [-0.15, -0.1) is 12.4 Å². The van der Waals surface area contributed by atoms with Gasteiger partial charge in [-0.2, -0.15) is 0 Å². The van der Waals surface area contributed by atoms with Crippen molar-refractivity contribution in [2.75, 3.05) is 0 Å². The third-order valence-electron chi connectivity index (χ3n) is 2.62. The van der Waals surface area contributed by atoms with Gasteiger partial charge < -0.3 is 5.32 Å². The summed E-state index contributed by atoms with van der Waals surface area (Å²) in [6.45, 7) is 3.96. The van der Waals surface area contributed by atoms with E-state index in [2.05, 4.69) is 60.8 Å². The zero-order valence-electron chi connectivity index (χ0n) is 10.0. The van der Waals surface area contributed by atoms with E-state index in [0.717, 1.165) is 13.1 Å². The molecule has 0 bridgehead atoms. The lowest BCUT2D eigenvalue weighted by Crippen LogP contribution is -2.12. The second-order valence-corrected chi connectivity index (χ2v) is 4.07. The highest BCUT2D eigenvalue weighted by Crippen LogP contribution is 2.03. The first-order chi connectivity index (χ1) is 7.84. The highest BCUT2D eigenvalue weighted by Gasteiger charge is 1.93. The van der Waals surface area contributed by atoms with Crippen LogP contribution in [0.5, 0.6) is 0 Å². The smallest absolute Gasteiger partial charge is 0.0208 e. The van der Waals surface area contributed by atoms with Crippen molar-refractivity contribution in [2.24, 2.45) is 0 Å². The molecule has 2 aromatic rings. The predicted molar refractivity (Wildman–Crippen MR) is 75.4 cm³/mol. The maximum absolute atomic E-state index is 3.44. The second-order valence-electron chi connectivity index (χ2n) is 4.07. The summed E-state index contributed by atoms with van der Waals surface area (Å²) in [4.78, 5) is 0. The van der Waals surface area contributed by atoms with Crippen LogP contribution in [0.15, 0.2) is 54.6 Å². The van der Waals surface area contributed by atoms with Gasteiger partial charge in [-0.1, -0.05) is 60.2 Å². The van der Waals surface area contributed by atoms with Crippen molar-refractivity contribution in [3.05, 3.63) is 71.3 Å². The maximum Gasteiger partial charge on any atom is 0.0208 e. The van der Waals surface area contributed by atoms with Gasteiger partial charge in [0.25, 0.3) is 0 Å². The number of halogens is 1. The van der Waals surface area contributed by atoms with Crippen molar-refractivity contribution in [1.82, 2.24) is 5.32 Å². The van der Waals surface area contributed by atoms with Gasteiger partial charge in [-0.3, -0.25) is 0 Å². The van der Waals surface area contributed by atoms with Gasteiger partial charge in [-0.05, 0) is 18.1 Å². The third-order valence-corrected chi connectivity index (χ3v) is 2.62. The lowest BCUT2D eigenvalue weighted by atomic mass is 10.1. The molecule has 0 aromatic heterocycles. The molecular formula is C15H18ClN. The first kappa shape index (κ1) is 13.8. The molecule has 1 nitrogen and oxygen atoms in total. The first-order valence-corrected chi connectivity index (χ1v) is 5.65. The number of benzene rings is 2. The number of hydrogen-bond donors (Lipinski definition) is 1. The lowest BCUT2D eigenvalue weighted by Gasteiger charge is -2.05. The molecule has 1 N–H and O–H groups in total. The molecule has 0 aliphatic rings. The Kier molecular flexibility index (Phi) is 5.75. The molecule has 0 radical (unpaired) electrons. The number of rotatable bonds is 4. The van der Waals surface area contributed by atoms with E-state index in [1.165, 1.54) is 16.7 Å².